The number of aliphatic carboxylic acids is 1. The van der Waals surface area contributed by atoms with E-state index in [-0.39, 0.29) is 0 Å². The van der Waals surface area contributed by atoms with Gasteiger partial charge in [-0.15, -0.1) is 0 Å². The van der Waals surface area contributed by atoms with E-state index in [0.717, 1.165) is 10.9 Å². The highest BCUT2D eigenvalue weighted by Gasteiger charge is 2.07. The van der Waals surface area contributed by atoms with Gasteiger partial charge < -0.3 is 5.11 Å². The van der Waals surface area contributed by atoms with Crippen molar-refractivity contribution < 1.29 is 9.90 Å². The third-order valence-electron chi connectivity index (χ3n) is 1.25. The molecule has 0 unspecified atom stereocenters. The molecule has 0 aliphatic rings. The summed E-state index contributed by atoms with van der Waals surface area (Å²) in [5.41, 5.74) is 0.475. The minimum atomic E-state index is -0.823. The van der Waals surface area contributed by atoms with E-state index < -0.39 is 5.97 Å². The maximum Gasteiger partial charge on any atom is 0.332 e. The molecule has 1 N–H and O–H groups in total. The summed E-state index contributed by atoms with van der Waals surface area (Å²) in [7, 11) is 0. The molecule has 0 bridgehead atoms. The highest BCUT2D eigenvalue weighted by molar-refractivity contribution is 9.11. The first-order valence-electron chi connectivity index (χ1n) is 3.24. The molecule has 10 heavy (non-hydrogen) atoms. The number of rotatable bonds is 3. The standard InChI is InChI=1S/C7H11BrO2/c1-3-5(7(9)10)6(8)4-2/h3-4H2,1-2H3,(H,9,10)/b6-5-. The zero-order chi connectivity index (χ0) is 8.15. The van der Waals surface area contributed by atoms with Crippen molar-refractivity contribution in [2.75, 3.05) is 0 Å². The zero-order valence-corrected chi connectivity index (χ0v) is 7.73. The fourth-order valence-corrected chi connectivity index (χ4v) is 1.12. The molecule has 0 spiro atoms. The molecule has 0 aliphatic heterocycles. The Bertz CT molecular complexity index is 161. The zero-order valence-electron chi connectivity index (χ0n) is 6.15. The summed E-state index contributed by atoms with van der Waals surface area (Å²) in [4.78, 5) is 10.4. The van der Waals surface area contributed by atoms with Crippen LogP contribution in [-0.2, 0) is 4.79 Å². The Morgan fingerprint density at radius 1 is 1.40 bits per heavy atom. The van der Waals surface area contributed by atoms with Gasteiger partial charge in [-0.25, -0.2) is 4.79 Å². The van der Waals surface area contributed by atoms with Crippen LogP contribution >= 0.6 is 15.9 Å². The molecule has 0 aliphatic carbocycles. The van der Waals surface area contributed by atoms with E-state index in [0.29, 0.717) is 12.0 Å². The van der Waals surface area contributed by atoms with Crippen molar-refractivity contribution >= 4 is 21.9 Å². The molecular formula is C7H11BrO2. The SMILES string of the molecule is CC/C(Br)=C(\CC)C(=O)O. The normalized spacial score (nSPS) is 12.7. The molecule has 3 heteroatoms. The Hall–Kier alpha value is -0.310. The summed E-state index contributed by atoms with van der Waals surface area (Å²) in [5, 5.41) is 8.59. The van der Waals surface area contributed by atoms with Crippen LogP contribution in [0, 0.1) is 0 Å². The minimum Gasteiger partial charge on any atom is -0.478 e. The van der Waals surface area contributed by atoms with Gasteiger partial charge in [0.25, 0.3) is 0 Å². The van der Waals surface area contributed by atoms with Crippen molar-refractivity contribution in [3.63, 3.8) is 0 Å². The van der Waals surface area contributed by atoms with Gasteiger partial charge in [-0.1, -0.05) is 29.8 Å². The molecule has 2 nitrogen and oxygen atoms in total. The molecule has 0 atom stereocenters. The summed E-state index contributed by atoms with van der Waals surface area (Å²) < 4.78 is 0.794. The number of halogens is 1. The summed E-state index contributed by atoms with van der Waals surface area (Å²) in [6, 6.07) is 0. The van der Waals surface area contributed by atoms with Gasteiger partial charge in [-0.3, -0.25) is 0 Å². The van der Waals surface area contributed by atoms with Gasteiger partial charge in [-0.2, -0.15) is 0 Å². The highest BCUT2D eigenvalue weighted by Crippen LogP contribution is 2.18. The fraction of sp³-hybridized carbons (Fsp3) is 0.571. The number of carbonyl (C=O) groups is 1. The number of carboxylic acid groups (broad SMARTS) is 1. The predicted molar refractivity (Wildman–Crippen MR) is 44.2 cm³/mol. The van der Waals surface area contributed by atoms with Gasteiger partial charge in [0.15, 0.2) is 0 Å². The average molecular weight is 207 g/mol. The summed E-state index contributed by atoms with van der Waals surface area (Å²) in [6.45, 7) is 3.75. The Morgan fingerprint density at radius 2 is 1.90 bits per heavy atom. The third-order valence-corrected chi connectivity index (χ3v) is 2.29. The van der Waals surface area contributed by atoms with Gasteiger partial charge in [0, 0.05) is 10.1 Å². The Balaban J connectivity index is 4.45. The topological polar surface area (TPSA) is 37.3 Å². The van der Waals surface area contributed by atoms with E-state index in [9.17, 15) is 4.79 Å². The van der Waals surface area contributed by atoms with Gasteiger partial charge in [0.2, 0.25) is 0 Å². The molecule has 0 rings (SSSR count). The smallest absolute Gasteiger partial charge is 0.332 e. The lowest BCUT2D eigenvalue weighted by Gasteiger charge is -1.99. The number of allylic oxidation sites excluding steroid dienone is 1. The quantitative estimate of drug-likeness (QED) is 0.722. The molecule has 0 radical (unpaired) electrons. The molecule has 0 fully saturated rings. The van der Waals surface area contributed by atoms with E-state index in [4.69, 9.17) is 5.11 Å². The monoisotopic (exact) mass is 206 g/mol. The first-order chi connectivity index (χ1) is 4.63. The van der Waals surface area contributed by atoms with Crippen LogP contribution in [0.5, 0.6) is 0 Å². The van der Waals surface area contributed by atoms with Crippen LogP contribution in [0.4, 0.5) is 0 Å². The maximum atomic E-state index is 10.4. The van der Waals surface area contributed by atoms with Gasteiger partial charge in [0.05, 0.1) is 0 Å². The van der Waals surface area contributed by atoms with E-state index in [2.05, 4.69) is 15.9 Å². The second kappa shape index (κ2) is 4.50. The lowest BCUT2D eigenvalue weighted by Crippen LogP contribution is -2.00. The molecular weight excluding hydrogens is 196 g/mol. The van der Waals surface area contributed by atoms with Crippen LogP contribution in [0.1, 0.15) is 26.7 Å². The van der Waals surface area contributed by atoms with Gasteiger partial charge in [0.1, 0.15) is 0 Å². The summed E-state index contributed by atoms with van der Waals surface area (Å²) in [6.07, 6.45) is 1.32. The molecule has 58 valence electrons. The molecule has 0 heterocycles. The van der Waals surface area contributed by atoms with E-state index in [1.54, 1.807) is 0 Å². The number of hydrogen-bond donors (Lipinski definition) is 1. The number of hydrogen-bond acceptors (Lipinski definition) is 1. The minimum absolute atomic E-state index is 0.475. The summed E-state index contributed by atoms with van der Waals surface area (Å²) in [5.74, 6) is -0.823. The molecule has 0 aromatic carbocycles. The van der Waals surface area contributed by atoms with E-state index >= 15 is 0 Å². The van der Waals surface area contributed by atoms with E-state index in [1.165, 1.54) is 0 Å². The average Bonchev–Trinajstić information content (AvgIpc) is 1.88. The highest BCUT2D eigenvalue weighted by atomic mass is 79.9. The van der Waals surface area contributed by atoms with Crippen LogP contribution in [0.25, 0.3) is 0 Å². The third kappa shape index (κ3) is 2.52. The lowest BCUT2D eigenvalue weighted by atomic mass is 10.2. The van der Waals surface area contributed by atoms with Crippen molar-refractivity contribution in [3.05, 3.63) is 10.1 Å². The largest absolute Gasteiger partial charge is 0.478 e. The summed E-state index contributed by atoms with van der Waals surface area (Å²) >= 11 is 3.20. The Morgan fingerprint density at radius 3 is 2.00 bits per heavy atom. The predicted octanol–water partition coefficient (Wildman–Crippen LogP) is 2.54. The van der Waals surface area contributed by atoms with Gasteiger partial charge >= 0.3 is 5.97 Å². The molecule has 0 aromatic heterocycles. The van der Waals surface area contributed by atoms with Crippen LogP contribution in [-0.4, -0.2) is 11.1 Å². The van der Waals surface area contributed by atoms with Crippen molar-refractivity contribution in [3.8, 4) is 0 Å². The van der Waals surface area contributed by atoms with Crippen molar-refractivity contribution in [1.29, 1.82) is 0 Å². The second-order valence-corrected chi connectivity index (χ2v) is 2.85. The van der Waals surface area contributed by atoms with Crippen molar-refractivity contribution in [2.45, 2.75) is 26.7 Å². The fourth-order valence-electron chi connectivity index (χ4n) is 0.672. The first kappa shape index (κ1) is 9.69. The Labute approximate surface area is 69.1 Å². The second-order valence-electron chi connectivity index (χ2n) is 1.90. The molecule has 0 saturated heterocycles. The van der Waals surface area contributed by atoms with E-state index in [1.807, 2.05) is 13.8 Å². The maximum absolute atomic E-state index is 10.4. The first-order valence-corrected chi connectivity index (χ1v) is 4.03. The molecule has 0 saturated carbocycles. The lowest BCUT2D eigenvalue weighted by molar-refractivity contribution is -0.132. The van der Waals surface area contributed by atoms with Crippen LogP contribution in [0.2, 0.25) is 0 Å². The Kier molecular flexibility index (Phi) is 4.36. The van der Waals surface area contributed by atoms with Gasteiger partial charge in [-0.05, 0) is 12.8 Å². The number of carboxylic acids is 1. The van der Waals surface area contributed by atoms with Crippen molar-refractivity contribution in [1.82, 2.24) is 0 Å². The van der Waals surface area contributed by atoms with Crippen LogP contribution < -0.4 is 0 Å². The van der Waals surface area contributed by atoms with Crippen LogP contribution in [0.15, 0.2) is 10.1 Å². The molecule has 0 aromatic rings. The molecule has 0 amide bonds. The van der Waals surface area contributed by atoms with Crippen molar-refractivity contribution in [2.24, 2.45) is 0 Å². The van der Waals surface area contributed by atoms with Crippen LogP contribution in [0.3, 0.4) is 0 Å².